The van der Waals surface area contributed by atoms with Gasteiger partial charge in [-0.3, -0.25) is 14.9 Å². The molecule has 0 radical (unpaired) electrons. The first-order valence-corrected chi connectivity index (χ1v) is 8.83. The van der Waals surface area contributed by atoms with Crippen LogP contribution in [-0.4, -0.2) is 29.5 Å². The minimum atomic E-state index is -0.363. The fourth-order valence-corrected chi connectivity index (χ4v) is 4.10. The van der Waals surface area contributed by atoms with Crippen LogP contribution in [0.4, 0.5) is 11.4 Å². The third-order valence-corrected chi connectivity index (χ3v) is 5.17. The molecule has 1 aromatic carbocycles. The van der Waals surface area contributed by atoms with E-state index in [1.54, 1.807) is 12.1 Å². The van der Waals surface area contributed by atoms with Gasteiger partial charge in [0.1, 0.15) is 5.69 Å². The normalized spacial score (nSPS) is 23.2. The van der Waals surface area contributed by atoms with Gasteiger partial charge in [0.15, 0.2) is 0 Å². The van der Waals surface area contributed by atoms with Gasteiger partial charge in [0.05, 0.1) is 4.92 Å². The van der Waals surface area contributed by atoms with Gasteiger partial charge in [-0.2, -0.15) is 0 Å². The molecule has 0 aromatic heterocycles. The Labute approximate surface area is 142 Å². The van der Waals surface area contributed by atoms with Crippen molar-refractivity contribution in [3.05, 3.63) is 33.9 Å². The van der Waals surface area contributed by atoms with Crippen molar-refractivity contribution in [1.29, 1.82) is 0 Å². The van der Waals surface area contributed by atoms with Crippen LogP contribution in [-0.2, 0) is 0 Å². The lowest BCUT2D eigenvalue weighted by atomic mass is 9.85. The van der Waals surface area contributed by atoms with Gasteiger partial charge in [0.2, 0.25) is 0 Å². The number of amides is 1. The maximum absolute atomic E-state index is 12.1. The van der Waals surface area contributed by atoms with Crippen molar-refractivity contribution in [2.24, 2.45) is 5.92 Å². The number of hydrogen-bond donors (Lipinski definition) is 1. The summed E-state index contributed by atoms with van der Waals surface area (Å²) in [6.07, 6.45) is 5.91. The molecule has 1 heterocycles. The van der Waals surface area contributed by atoms with Crippen LogP contribution in [0.5, 0.6) is 0 Å². The highest BCUT2D eigenvalue weighted by Crippen LogP contribution is 2.42. The van der Waals surface area contributed by atoms with Gasteiger partial charge in [0.25, 0.3) is 11.6 Å². The molecular formula is C18H25N3O3. The first-order valence-electron chi connectivity index (χ1n) is 8.83. The van der Waals surface area contributed by atoms with Gasteiger partial charge in [0, 0.05) is 30.3 Å². The average molecular weight is 331 g/mol. The number of benzene rings is 1. The molecule has 130 valence electrons. The Kier molecular flexibility index (Phi) is 4.73. The van der Waals surface area contributed by atoms with Crippen molar-refractivity contribution in [3.63, 3.8) is 0 Å². The molecule has 2 atom stereocenters. The summed E-state index contributed by atoms with van der Waals surface area (Å²) in [5, 5.41) is 14.4. The van der Waals surface area contributed by atoms with E-state index in [0.29, 0.717) is 23.2 Å². The molecule has 1 N–H and O–H groups in total. The molecule has 2 aliphatic rings. The van der Waals surface area contributed by atoms with Crippen LogP contribution in [0.2, 0.25) is 0 Å². The van der Waals surface area contributed by atoms with Gasteiger partial charge in [-0.05, 0) is 51.2 Å². The summed E-state index contributed by atoms with van der Waals surface area (Å²) < 4.78 is 0. The predicted octanol–water partition coefficient (Wildman–Crippen LogP) is 3.50. The van der Waals surface area contributed by atoms with Gasteiger partial charge in [-0.1, -0.05) is 12.8 Å². The molecule has 1 saturated carbocycles. The molecule has 0 bridgehead atoms. The Morgan fingerprint density at radius 3 is 2.75 bits per heavy atom. The molecule has 24 heavy (non-hydrogen) atoms. The molecule has 2 fully saturated rings. The molecule has 1 amide bonds. The zero-order valence-corrected chi connectivity index (χ0v) is 14.3. The van der Waals surface area contributed by atoms with E-state index in [1.807, 2.05) is 13.8 Å². The number of hydrogen-bond acceptors (Lipinski definition) is 4. The van der Waals surface area contributed by atoms with Crippen LogP contribution in [0.15, 0.2) is 18.2 Å². The van der Waals surface area contributed by atoms with Crippen molar-refractivity contribution in [2.45, 2.75) is 58.0 Å². The molecular weight excluding hydrogens is 306 g/mol. The highest BCUT2D eigenvalue weighted by atomic mass is 16.6. The Bertz CT molecular complexity index is 644. The largest absolute Gasteiger partial charge is 0.363 e. The summed E-state index contributed by atoms with van der Waals surface area (Å²) in [6, 6.07) is 5.29. The summed E-state index contributed by atoms with van der Waals surface area (Å²) in [6.45, 7) is 4.61. The average Bonchev–Trinajstić information content (AvgIpc) is 2.97. The number of nitro groups is 1. The lowest BCUT2D eigenvalue weighted by Gasteiger charge is -2.32. The lowest BCUT2D eigenvalue weighted by Crippen LogP contribution is -2.35. The molecule has 1 aliphatic carbocycles. The summed E-state index contributed by atoms with van der Waals surface area (Å²) in [5.74, 6) is 0.388. The fourth-order valence-electron chi connectivity index (χ4n) is 4.10. The molecule has 1 aliphatic heterocycles. The number of nitrogens with zero attached hydrogens (tertiary/aromatic N) is 2. The maximum Gasteiger partial charge on any atom is 0.293 e. The van der Waals surface area contributed by atoms with Crippen molar-refractivity contribution >= 4 is 17.3 Å². The van der Waals surface area contributed by atoms with E-state index in [4.69, 9.17) is 0 Å². The van der Waals surface area contributed by atoms with E-state index in [-0.39, 0.29) is 22.6 Å². The molecule has 1 saturated heterocycles. The maximum atomic E-state index is 12.1. The number of carbonyl (C=O) groups excluding carboxylic acids is 1. The second-order valence-electron chi connectivity index (χ2n) is 7.18. The minimum Gasteiger partial charge on any atom is -0.363 e. The zero-order chi connectivity index (χ0) is 17.3. The highest BCUT2D eigenvalue weighted by Gasteiger charge is 2.38. The first kappa shape index (κ1) is 16.7. The Hall–Kier alpha value is -2.11. The number of carbonyl (C=O) groups is 1. The van der Waals surface area contributed by atoms with Crippen LogP contribution >= 0.6 is 0 Å². The third kappa shape index (κ3) is 3.23. The smallest absolute Gasteiger partial charge is 0.293 e. The first-order chi connectivity index (χ1) is 11.5. The molecule has 6 heteroatoms. The van der Waals surface area contributed by atoms with Crippen LogP contribution in [0.3, 0.4) is 0 Å². The van der Waals surface area contributed by atoms with Gasteiger partial charge < -0.3 is 10.2 Å². The van der Waals surface area contributed by atoms with Crippen LogP contribution in [0, 0.1) is 16.0 Å². The molecule has 3 rings (SSSR count). The zero-order valence-electron chi connectivity index (χ0n) is 14.3. The van der Waals surface area contributed by atoms with E-state index in [2.05, 4.69) is 10.2 Å². The Morgan fingerprint density at radius 1 is 1.29 bits per heavy atom. The summed E-state index contributed by atoms with van der Waals surface area (Å²) >= 11 is 0. The second-order valence-corrected chi connectivity index (χ2v) is 7.18. The second kappa shape index (κ2) is 6.79. The number of anilines is 1. The quantitative estimate of drug-likeness (QED) is 0.677. The SMILES string of the molecule is CC(C)NC(=O)c1ccc(N2CCC3CCCCC32)c([N+](=O)[O-])c1. The van der Waals surface area contributed by atoms with Crippen molar-refractivity contribution in [2.75, 3.05) is 11.4 Å². The fraction of sp³-hybridized carbons (Fsp3) is 0.611. The Balaban J connectivity index is 1.90. The van der Waals surface area contributed by atoms with Gasteiger partial charge in [-0.15, -0.1) is 0 Å². The molecule has 6 nitrogen and oxygen atoms in total. The summed E-state index contributed by atoms with van der Waals surface area (Å²) in [4.78, 5) is 25.6. The molecule has 1 aromatic rings. The number of rotatable bonds is 4. The standard InChI is InChI=1S/C18H25N3O3/c1-12(2)19-18(22)14-7-8-16(17(11-14)21(23)24)20-10-9-13-5-3-4-6-15(13)20/h7-8,11-13,15H,3-6,9-10H2,1-2H3,(H,19,22). The van der Waals surface area contributed by atoms with E-state index in [9.17, 15) is 14.9 Å². The van der Waals surface area contributed by atoms with Crippen LogP contribution in [0.25, 0.3) is 0 Å². The van der Waals surface area contributed by atoms with Crippen molar-refractivity contribution < 1.29 is 9.72 Å². The predicted molar refractivity (Wildman–Crippen MR) is 93.4 cm³/mol. The van der Waals surface area contributed by atoms with Gasteiger partial charge in [-0.25, -0.2) is 0 Å². The number of fused-ring (bicyclic) bond motifs is 1. The van der Waals surface area contributed by atoms with E-state index >= 15 is 0 Å². The minimum absolute atomic E-state index is 0.00203. The number of nitrogens with one attached hydrogen (secondary N) is 1. The van der Waals surface area contributed by atoms with E-state index in [0.717, 1.165) is 19.4 Å². The molecule has 0 spiro atoms. The van der Waals surface area contributed by atoms with Crippen molar-refractivity contribution in [3.8, 4) is 0 Å². The van der Waals surface area contributed by atoms with E-state index in [1.165, 1.54) is 25.3 Å². The third-order valence-electron chi connectivity index (χ3n) is 5.17. The summed E-state index contributed by atoms with van der Waals surface area (Å²) in [7, 11) is 0. The lowest BCUT2D eigenvalue weighted by molar-refractivity contribution is -0.384. The monoisotopic (exact) mass is 331 g/mol. The summed E-state index contributed by atoms with van der Waals surface area (Å²) in [5.41, 5.74) is 1.05. The van der Waals surface area contributed by atoms with Crippen LogP contribution < -0.4 is 10.2 Å². The number of nitro benzene ring substituents is 1. The highest BCUT2D eigenvalue weighted by molar-refractivity contribution is 5.96. The molecule has 2 unspecified atom stereocenters. The van der Waals surface area contributed by atoms with Crippen molar-refractivity contribution in [1.82, 2.24) is 5.32 Å². The van der Waals surface area contributed by atoms with Gasteiger partial charge >= 0.3 is 0 Å². The van der Waals surface area contributed by atoms with Crippen LogP contribution in [0.1, 0.15) is 56.3 Å². The Morgan fingerprint density at radius 2 is 2.04 bits per heavy atom. The van der Waals surface area contributed by atoms with E-state index < -0.39 is 0 Å². The topological polar surface area (TPSA) is 75.5 Å².